The highest BCUT2D eigenvalue weighted by Gasteiger charge is 2.21. The van der Waals surface area contributed by atoms with Gasteiger partial charge in [-0.05, 0) is 22.4 Å². The second-order valence-electron chi connectivity index (χ2n) is 2.98. The summed E-state index contributed by atoms with van der Waals surface area (Å²) in [6.45, 7) is 1.57. The Labute approximate surface area is 85.0 Å². The van der Waals surface area contributed by atoms with Crippen molar-refractivity contribution in [3.05, 3.63) is 10.8 Å². The van der Waals surface area contributed by atoms with E-state index in [-0.39, 0.29) is 0 Å². The molecule has 1 atom stereocenters. The molecule has 13 heavy (non-hydrogen) atoms. The molecule has 0 radical (unpaired) electrons. The lowest BCUT2D eigenvalue weighted by Crippen LogP contribution is -2.09. The maximum atomic E-state index is 5.30. The Hall–Kier alpha value is -0.550. The topological polar surface area (TPSA) is 36.3 Å². The largest absolute Gasteiger partial charge is 0.468 e. The van der Waals surface area contributed by atoms with Crippen LogP contribution in [0.5, 0.6) is 6.01 Å². The monoisotopic (exact) mass is 246 g/mol. The van der Waals surface area contributed by atoms with Crippen LogP contribution in [0.15, 0.2) is 10.8 Å². The molecule has 1 aliphatic rings. The summed E-state index contributed by atoms with van der Waals surface area (Å²) in [5, 5.41) is 0. The molecule has 0 aromatic carbocycles. The molecule has 2 rings (SSSR count). The molecule has 72 valence electrons. The van der Waals surface area contributed by atoms with E-state index < -0.39 is 0 Å². The molecule has 0 saturated carbocycles. The quantitative estimate of drug-likeness (QED) is 0.796. The maximum Gasteiger partial charge on any atom is 0.297 e. The van der Waals surface area contributed by atoms with Crippen LogP contribution in [0, 0.1) is 0 Å². The van der Waals surface area contributed by atoms with Crippen molar-refractivity contribution in [3.63, 3.8) is 0 Å². The number of aromatic nitrogens is 2. The van der Waals surface area contributed by atoms with Gasteiger partial charge in [-0.15, -0.1) is 0 Å². The first-order chi connectivity index (χ1) is 6.31. The van der Waals surface area contributed by atoms with E-state index in [4.69, 9.17) is 9.47 Å². The van der Waals surface area contributed by atoms with Gasteiger partial charge in [-0.25, -0.2) is 0 Å². The van der Waals surface area contributed by atoms with E-state index in [2.05, 4.69) is 20.9 Å². The first-order valence-electron chi connectivity index (χ1n) is 4.17. The third-order valence-electron chi connectivity index (χ3n) is 2.15. The van der Waals surface area contributed by atoms with Crippen molar-refractivity contribution in [1.29, 1.82) is 0 Å². The number of nitrogens with zero attached hydrogens (tertiary/aromatic N) is 2. The average molecular weight is 247 g/mol. The van der Waals surface area contributed by atoms with Gasteiger partial charge in [0.15, 0.2) is 0 Å². The molecular formula is C8H11BrN2O2. The molecule has 0 amide bonds. The predicted molar refractivity (Wildman–Crippen MR) is 51.0 cm³/mol. The van der Waals surface area contributed by atoms with Gasteiger partial charge in [0.05, 0.1) is 19.8 Å². The molecule has 1 aromatic heterocycles. The number of halogens is 1. The van der Waals surface area contributed by atoms with Crippen molar-refractivity contribution in [2.24, 2.45) is 0 Å². The second-order valence-corrected chi connectivity index (χ2v) is 3.79. The van der Waals surface area contributed by atoms with Crippen LogP contribution in [0.2, 0.25) is 0 Å². The zero-order valence-electron chi connectivity index (χ0n) is 7.36. The normalized spacial score (nSPS) is 22.2. The van der Waals surface area contributed by atoms with Gasteiger partial charge in [0, 0.05) is 12.8 Å². The fourth-order valence-corrected chi connectivity index (χ4v) is 1.87. The second kappa shape index (κ2) is 3.67. The van der Waals surface area contributed by atoms with Crippen molar-refractivity contribution in [1.82, 2.24) is 9.55 Å². The van der Waals surface area contributed by atoms with Crippen LogP contribution in [0.3, 0.4) is 0 Å². The lowest BCUT2D eigenvalue weighted by atomic mass is 10.3. The van der Waals surface area contributed by atoms with E-state index in [0.29, 0.717) is 12.1 Å². The van der Waals surface area contributed by atoms with Crippen LogP contribution in [-0.2, 0) is 4.74 Å². The molecule has 0 N–H and O–H groups in total. The van der Waals surface area contributed by atoms with Crippen LogP contribution in [0.4, 0.5) is 0 Å². The summed E-state index contributed by atoms with van der Waals surface area (Å²) >= 11 is 3.32. The Morgan fingerprint density at radius 1 is 1.77 bits per heavy atom. The Bertz CT molecular complexity index is 294. The smallest absolute Gasteiger partial charge is 0.297 e. The van der Waals surface area contributed by atoms with Gasteiger partial charge in [-0.2, -0.15) is 4.98 Å². The molecule has 0 bridgehead atoms. The van der Waals surface area contributed by atoms with Crippen LogP contribution in [-0.4, -0.2) is 29.9 Å². The molecule has 1 aromatic rings. The number of imidazole rings is 1. The number of hydrogen-bond donors (Lipinski definition) is 0. The fourth-order valence-electron chi connectivity index (χ4n) is 1.50. The third-order valence-corrected chi connectivity index (χ3v) is 2.53. The van der Waals surface area contributed by atoms with Crippen molar-refractivity contribution >= 4 is 15.9 Å². The summed E-state index contributed by atoms with van der Waals surface area (Å²) < 4.78 is 13.3. The Balaban J connectivity index is 2.26. The molecule has 1 aliphatic heterocycles. The van der Waals surface area contributed by atoms with Crippen LogP contribution in [0.1, 0.15) is 12.5 Å². The minimum atomic E-state index is 0.369. The van der Waals surface area contributed by atoms with Crippen molar-refractivity contribution in [2.75, 3.05) is 20.3 Å². The van der Waals surface area contributed by atoms with Gasteiger partial charge in [0.25, 0.3) is 6.01 Å². The summed E-state index contributed by atoms with van der Waals surface area (Å²) in [4.78, 5) is 4.18. The minimum Gasteiger partial charge on any atom is -0.468 e. The van der Waals surface area contributed by atoms with Gasteiger partial charge >= 0.3 is 0 Å². The standard InChI is InChI=1S/C8H11BrN2O2/c1-12-8-10-7(9)4-11(8)6-2-3-13-5-6/h4,6H,2-3,5H2,1H3. The number of methoxy groups -OCH3 is 1. The molecule has 0 spiro atoms. The van der Waals surface area contributed by atoms with Gasteiger partial charge in [-0.3, -0.25) is 4.57 Å². The molecule has 5 heteroatoms. The zero-order chi connectivity index (χ0) is 9.26. The summed E-state index contributed by atoms with van der Waals surface area (Å²) in [6.07, 6.45) is 2.96. The van der Waals surface area contributed by atoms with E-state index in [0.717, 1.165) is 24.2 Å². The number of rotatable bonds is 2. The number of hydrogen-bond acceptors (Lipinski definition) is 3. The Kier molecular flexibility index (Phi) is 2.55. The lowest BCUT2D eigenvalue weighted by Gasteiger charge is -2.11. The fraction of sp³-hybridized carbons (Fsp3) is 0.625. The molecular weight excluding hydrogens is 236 g/mol. The van der Waals surface area contributed by atoms with E-state index in [1.165, 1.54) is 0 Å². The first-order valence-corrected chi connectivity index (χ1v) is 4.96. The maximum absolute atomic E-state index is 5.30. The summed E-state index contributed by atoms with van der Waals surface area (Å²) in [6, 6.07) is 1.01. The SMILES string of the molecule is COc1nc(Br)cn1C1CCOC1. The van der Waals surface area contributed by atoms with Crippen LogP contribution < -0.4 is 4.74 Å². The highest BCUT2D eigenvalue weighted by Crippen LogP contribution is 2.26. The molecule has 2 heterocycles. The molecule has 1 unspecified atom stereocenters. The summed E-state index contributed by atoms with van der Waals surface area (Å²) in [5.41, 5.74) is 0. The number of ether oxygens (including phenoxy) is 2. The third kappa shape index (κ3) is 1.71. The summed E-state index contributed by atoms with van der Waals surface area (Å²) in [7, 11) is 1.63. The zero-order valence-corrected chi connectivity index (χ0v) is 8.95. The summed E-state index contributed by atoms with van der Waals surface area (Å²) in [5.74, 6) is 0. The lowest BCUT2D eigenvalue weighted by molar-refractivity contribution is 0.184. The van der Waals surface area contributed by atoms with Gasteiger partial charge in [-0.1, -0.05) is 0 Å². The van der Waals surface area contributed by atoms with Gasteiger partial charge in [0.1, 0.15) is 4.60 Å². The van der Waals surface area contributed by atoms with Crippen molar-refractivity contribution < 1.29 is 9.47 Å². The van der Waals surface area contributed by atoms with E-state index in [1.807, 2.05) is 10.8 Å². The van der Waals surface area contributed by atoms with Crippen molar-refractivity contribution in [3.8, 4) is 6.01 Å². The van der Waals surface area contributed by atoms with E-state index in [9.17, 15) is 0 Å². The molecule has 0 aliphatic carbocycles. The molecule has 1 fully saturated rings. The van der Waals surface area contributed by atoms with Crippen molar-refractivity contribution in [2.45, 2.75) is 12.5 Å². The Morgan fingerprint density at radius 3 is 3.23 bits per heavy atom. The molecule has 1 saturated heterocycles. The van der Waals surface area contributed by atoms with Gasteiger partial charge in [0.2, 0.25) is 0 Å². The first kappa shape index (κ1) is 9.02. The van der Waals surface area contributed by atoms with E-state index >= 15 is 0 Å². The van der Waals surface area contributed by atoms with Crippen LogP contribution in [0.25, 0.3) is 0 Å². The Morgan fingerprint density at radius 2 is 2.62 bits per heavy atom. The van der Waals surface area contributed by atoms with Crippen LogP contribution >= 0.6 is 15.9 Å². The highest BCUT2D eigenvalue weighted by atomic mass is 79.9. The van der Waals surface area contributed by atoms with E-state index in [1.54, 1.807) is 7.11 Å². The predicted octanol–water partition coefficient (Wildman–Crippen LogP) is 1.62. The average Bonchev–Trinajstić information content (AvgIpc) is 2.71. The highest BCUT2D eigenvalue weighted by molar-refractivity contribution is 9.10. The molecule has 4 nitrogen and oxygen atoms in total. The minimum absolute atomic E-state index is 0.369. The van der Waals surface area contributed by atoms with Gasteiger partial charge < -0.3 is 9.47 Å².